The fraction of sp³-hybridized carbons (Fsp3) is 0.333. The smallest absolute Gasteiger partial charge is 0.229 e. The Balaban J connectivity index is 2.56. The first kappa shape index (κ1) is 15.4. The van der Waals surface area contributed by atoms with Crippen molar-refractivity contribution in [3.05, 3.63) is 41.7 Å². The summed E-state index contributed by atoms with van der Waals surface area (Å²) in [6.45, 7) is 3.84. The summed E-state index contributed by atoms with van der Waals surface area (Å²) in [5, 5.41) is 0. The number of rotatable bonds is 4. The molecule has 0 aliphatic heterocycles. The zero-order valence-electron chi connectivity index (χ0n) is 12.7. The summed E-state index contributed by atoms with van der Waals surface area (Å²) in [5.74, 6) is 0.578. The molecule has 0 spiro atoms. The van der Waals surface area contributed by atoms with Crippen LogP contribution in [0.15, 0.2) is 35.5 Å². The number of aryl methyl sites for hydroxylation is 2. The van der Waals surface area contributed by atoms with E-state index in [-0.39, 0.29) is 0 Å². The van der Waals surface area contributed by atoms with Crippen LogP contribution >= 0.6 is 0 Å². The molecule has 1 heterocycles. The van der Waals surface area contributed by atoms with E-state index < -0.39 is 9.84 Å². The van der Waals surface area contributed by atoms with Gasteiger partial charge in [0.05, 0.1) is 4.90 Å². The fourth-order valence-corrected chi connectivity index (χ4v) is 3.34. The summed E-state index contributed by atoms with van der Waals surface area (Å²) in [4.78, 5) is 10.7. The Kier molecular flexibility index (Phi) is 4.27. The van der Waals surface area contributed by atoms with Crippen molar-refractivity contribution in [2.24, 2.45) is 0 Å². The number of hydrogen-bond acceptors (Lipinski definition) is 5. The van der Waals surface area contributed by atoms with Crippen molar-refractivity contribution in [3.63, 3.8) is 0 Å². The highest BCUT2D eigenvalue weighted by atomic mass is 32.2. The van der Waals surface area contributed by atoms with E-state index in [1.54, 1.807) is 24.5 Å². The molecule has 0 amide bonds. The molecule has 5 nitrogen and oxygen atoms in total. The summed E-state index contributed by atoms with van der Waals surface area (Å²) < 4.78 is 23.8. The summed E-state index contributed by atoms with van der Waals surface area (Å²) in [6, 6.07) is 5.39. The normalized spacial score (nSPS) is 11.4. The van der Waals surface area contributed by atoms with Crippen LogP contribution in [0.25, 0.3) is 0 Å². The van der Waals surface area contributed by atoms with Crippen LogP contribution in [0, 0.1) is 6.92 Å². The third kappa shape index (κ3) is 3.21. The third-order valence-corrected chi connectivity index (χ3v) is 4.55. The van der Waals surface area contributed by atoms with Crippen LogP contribution < -0.4 is 4.90 Å². The summed E-state index contributed by atoms with van der Waals surface area (Å²) in [7, 11) is -1.35. The first-order valence-corrected chi connectivity index (χ1v) is 8.58. The molecule has 0 aliphatic rings. The van der Waals surface area contributed by atoms with Crippen molar-refractivity contribution >= 4 is 21.5 Å². The summed E-state index contributed by atoms with van der Waals surface area (Å²) in [6.07, 6.45) is 5.25. The molecule has 0 saturated heterocycles. The van der Waals surface area contributed by atoms with Crippen LogP contribution in [0.2, 0.25) is 0 Å². The minimum atomic E-state index is -3.22. The van der Waals surface area contributed by atoms with Crippen molar-refractivity contribution in [2.45, 2.75) is 25.2 Å². The van der Waals surface area contributed by atoms with Gasteiger partial charge in [-0.25, -0.2) is 18.4 Å². The second-order valence-corrected chi connectivity index (χ2v) is 6.96. The van der Waals surface area contributed by atoms with Crippen molar-refractivity contribution in [3.8, 4) is 0 Å². The fourth-order valence-electron chi connectivity index (χ4n) is 2.27. The first-order chi connectivity index (χ1) is 9.84. The van der Waals surface area contributed by atoms with E-state index in [2.05, 4.69) is 9.97 Å². The SMILES string of the molecule is CCc1cc(N(C)c2ncccn2)c(C)cc1S(C)(=O)=O. The number of nitrogens with zero attached hydrogens (tertiary/aromatic N) is 3. The minimum absolute atomic E-state index is 0.397. The molecule has 0 unspecified atom stereocenters. The van der Waals surface area contributed by atoms with Crippen molar-refractivity contribution < 1.29 is 8.42 Å². The van der Waals surface area contributed by atoms with Crippen LogP contribution in [0.1, 0.15) is 18.1 Å². The Hall–Kier alpha value is -1.95. The lowest BCUT2D eigenvalue weighted by molar-refractivity contribution is 0.600. The Bertz CT molecular complexity index is 743. The van der Waals surface area contributed by atoms with E-state index in [4.69, 9.17) is 0 Å². The Labute approximate surface area is 125 Å². The van der Waals surface area contributed by atoms with Gasteiger partial charge < -0.3 is 4.90 Å². The first-order valence-electron chi connectivity index (χ1n) is 6.69. The molecule has 6 heteroatoms. The van der Waals surface area contributed by atoms with Gasteiger partial charge in [0.1, 0.15) is 0 Å². The van der Waals surface area contributed by atoms with Gasteiger partial charge in [0.25, 0.3) is 0 Å². The standard InChI is InChI=1S/C15H19N3O2S/c1-5-12-10-13(11(2)9-14(12)21(4,19)20)18(3)15-16-7-6-8-17-15/h6-10H,5H2,1-4H3. The quantitative estimate of drug-likeness (QED) is 0.868. The Morgan fingerprint density at radius 2 is 1.81 bits per heavy atom. The van der Waals surface area contributed by atoms with Crippen LogP contribution in [0.3, 0.4) is 0 Å². The molecular weight excluding hydrogens is 286 g/mol. The molecule has 0 aliphatic carbocycles. The molecule has 1 aromatic carbocycles. The number of hydrogen-bond donors (Lipinski definition) is 0. The van der Waals surface area contributed by atoms with Gasteiger partial charge in [-0.05, 0) is 42.7 Å². The molecule has 0 radical (unpaired) electrons. The molecule has 0 bridgehead atoms. The lowest BCUT2D eigenvalue weighted by atomic mass is 10.1. The highest BCUT2D eigenvalue weighted by Gasteiger charge is 2.17. The molecule has 112 valence electrons. The van der Waals surface area contributed by atoms with Gasteiger partial charge in [-0.15, -0.1) is 0 Å². The van der Waals surface area contributed by atoms with E-state index in [0.717, 1.165) is 16.8 Å². The number of benzene rings is 1. The zero-order chi connectivity index (χ0) is 15.6. The second-order valence-electron chi connectivity index (χ2n) is 4.98. The van der Waals surface area contributed by atoms with Gasteiger partial charge in [-0.3, -0.25) is 0 Å². The molecule has 2 aromatic rings. The Morgan fingerprint density at radius 1 is 1.19 bits per heavy atom. The molecule has 0 fully saturated rings. The Morgan fingerprint density at radius 3 is 2.33 bits per heavy atom. The molecule has 21 heavy (non-hydrogen) atoms. The highest BCUT2D eigenvalue weighted by molar-refractivity contribution is 7.90. The third-order valence-electron chi connectivity index (χ3n) is 3.37. The van der Waals surface area contributed by atoms with E-state index in [9.17, 15) is 8.42 Å². The minimum Gasteiger partial charge on any atom is -0.313 e. The lowest BCUT2D eigenvalue weighted by Crippen LogP contribution is -2.15. The lowest BCUT2D eigenvalue weighted by Gasteiger charge is -2.21. The molecule has 0 N–H and O–H groups in total. The predicted octanol–water partition coefficient (Wildman–Crippen LogP) is 2.52. The summed E-state index contributed by atoms with van der Waals surface area (Å²) in [5.41, 5.74) is 2.59. The zero-order valence-corrected chi connectivity index (χ0v) is 13.5. The molecule has 0 saturated carbocycles. The van der Waals surface area contributed by atoms with Crippen molar-refractivity contribution in [2.75, 3.05) is 18.2 Å². The van der Waals surface area contributed by atoms with E-state index in [1.807, 2.05) is 31.9 Å². The van der Waals surface area contributed by atoms with E-state index >= 15 is 0 Å². The topological polar surface area (TPSA) is 63.2 Å². The number of sulfone groups is 1. The largest absolute Gasteiger partial charge is 0.313 e. The average Bonchev–Trinajstić information content (AvgIpc) is 2.46. The maximum atomic E-state index is 11.9. The van der Waals surface area contributed by atoms with Gasteiger partial charge in [0.15, 0.2) is 9.84 Å². The molecular formula is C15H19N3O2S. The van der Waals surface area contributed by atoms with Gasteiger partial charge in [-0.1, -0.05) is 6.92 Å². The van der Waals surface area contributed by atoms with Crippen LogP contribution in [-0.2, 0) is 16.3 Å². The maximum absolute atomic E-state index is 11.9. The average molecular weight is 305 g/mol. The van der Waals surface area contributed by atoms with Gasteiger partial charge in [0.2, 0.25) is 5.95 Å². The van der Waals surface area contributed by atoms with E-state index in [1.165, 1.54) is 6.26 Å². The highest BCUT2D eigenvalue weighted by Crippen LogP contribution is 2.29. The summed E-state index contributed by atoms with van der Waals surface area (Å²) >= 11 is 0. The number of anilines is 2. The van der Waals surface area contributed by atoms with Crippen LogP contribution in [0.4, 0.5) is 11.6 Å². The molecule has 2 rings (SSSR count). The maximum Gasteiger partial charge on any atom is 0.229 e. The second kappa shape index (κ2) is 5.81. The van der Waals surface area contributed by atoms with Gasteiger partial charge >= 0.3 is 0 Å². The van der Waals surface area contributed by atoms with E-state index in [0.29, 0.717) is 17.3 Å². The molecule has 1 aromatic heterocycles. The van der Waals surface area contributed by atoms with Crippen molar-refractivity contribution in [1.82, 2.24) is 9.97 Å². The van der Waals surface area contributed by atoms with Crippen LogP contribution in [0.5, 0.6) is 0 Å². The number of aromatic nitrogens is 2. The van der Waals surface area contributed by atoms with Gasteiger partial charge in [-0.2, -0.15) is 0 Å². The van der Waals surface area contributed by atoms with Gasteiger partial charge in [0, 0.05) is 31.4 Å². The molecule has 0 atom stereocenters. The predicted molar refractivity (Wildman–Crippen MR) is 83.8 cm³/mol. The van der Waals surface area contributed by atoms with Crippen LogP contribution in [-0.4, -0.2) is 31.7 Å². The van der Waals surface area contributed by atoms with Crippen molar-refractivity contribution in [1.29, 1.82) is 0 Å². The monoisotopic (exact) mass is 305 g/mol.